The van der Waals surface area contributed by atoms with Crippen molar-refractivity contribution in [3.8, 4) is 0 Å². The maximum absolute atomic E-state index is 11.7. The van der Waals surface area contributed by atoms with Crippen LogP contribution in [0.15, 0.2) is 12.2 Å². The summed E-state index contributed by atoms with van der Waals surface area (Å²) in [6.07, 6.45) is 1.96. The third-order valence-electron chi connectivity index (χ3n) is 2.83. The van der Waals surface area contributed by atoms with E-state index < -0.39 is 10.0 Å². The van der Waals surface area contributed by atoms with Gasteiger partial charge < -0.3 is 0 Å². The highest BCUT2D eigenvalue weighted by molar-refractivity contribution is 7.88. The maximum atomic E-state index is 11.7. The van der Waals surface area contributed by atoms with Crippen LogP contribution in [0.3, 0.4) is 0 Å². The first-order valence-corrected chi connectivity index (χ1v) is 7.77. The highest BCUT2D eigenvalue weighted by Crippen LogP contribution is 2.28. The summed E-state index contributed by atoms with van der Waals surface area (Å²) in [6, 6.07) is 0. The first-order chi connectivity index (χ1) is 7.26. The van der Waals surface area contributed by atoms with E-state index in [0.29, 0.717) is 13.0 Å². The van der Waals surface area contributed by atoms with Crippen LogP contribution in [0, 0.1) is 5.41 Å². The molecule has 0 bridgehead atoms. The average molecular weight is 261 g/mol. The highest BCUT2D eigenvalue weighted by Gasteiger charge is 2.29. The van der Waals surface area contributed by atoms with Crippen molar-refractivity contribution in [1.29, 1.82) is 0 Å². The molecule has 0 fully saturated rings. The van der Waals surface area contributed by atoms with Gasteiger partial charge in [0, 0.05) is 12.1 Å². The van der Waals surface area contributed by atoms with Crippen molar-refractivity contribution in [2.24, 2.45) is 5.41 Å². The van der Waals surface area contributed by atoms with Crippen LogP contribution in [0.4, 0.5) is 0 Å². The molecule has 0 spiro atoms. The number of sulfonamides is 1. The molecule has 0 atom stereocenters. The summed E-state index contributed by atoms with van der Waals surface area (Å²) in [5.41, 5.74) is 0.725. The lowest BCUT2D eigenvalue weighted by Gasteiger charge is -2.34. The fourth-order valence-corrected chi connectivity index (χ4v) is 3.03. The van der Waals surface area contributed by atoms with Crippen LogP contribution in [0.1, 0.15) is 48.0 Å². The summed E-state index contributed by atoms with van der Waals surface area (Å²) >= 11 is 0. The molecule has 0 amide bonds. The molecule has 0 saturated heterocycles. The Balaban J connectivity index is 4.79. The number of rotatable bonds is 4. The van der Waals surface area contributed by atoms with E-state index in [9.17, 15) is 8.42 Å². The van der Waals surface area contributed by atoms with Gasteiger partial charge in [0.15, 0.2) is 0 Å². The van der Waals surface area contributed by atoms with Crippen LogP contribution in [-0.4, -0.2) is 31.1 Å². The molecule has 0 aliphatic heterocycles. The molecule has 0 radical (unpaired) electrons. The van der Waals surface area contributed by atoms with Crippen molar-refractivity contribution in [3.05, 3.63) is 12.2 Å². The Kier molecular flexibility index (Phi) is 5.00. The van der Waals surface area contributed by atoms with E-state index in [4.69, 9.17) is 0 Å². The fraction of sp³-hybridized carbons (Fsp3) is 0.846. The van der Waals surface area contributed by atoms with E-state index in [1.165, 1.54) is 10.6 Å². The van der Waals surface area contributed by atoms with E-state index in [2.05, 4.69) is 27.4 Å². The Morgan fingerprint density at radius 3 is 1.76 bits per heavy atom. The van der Waals surface area contributed by atoms with Gasteiger partial charge in [-0.1, -0.05) is 32.9 Å². The molecular formula is C13H27NO2S. The monoisotopic (exact) mass is 261 g/mol. The standard InChI is InChI=1S/C13H27NO2S/c1-11(12(2,3)4)9-10-14(13(5,6)7)17(8,15)16/h1,9-10H2,2-8H3. The molecule has 0 aromatic heterocycles. The topological polar surface area (TPSA) is 37.4 Å². The zero-order valence-electron chi connectivity index (χ0n) is 12.3. The molecule has 0 N–H and O–H groups in total. The molecule has 4 heteroatoms. The normalized spacial score (nSPS) is 14.1. The zero-order chi connectivity index (χ0) is 14.1. The van der Waals surface area contributed by atoms with Crippen LogP contribution in [0.5, 0.6) is 0 Å². The predicted molar refractivity (Wildman–Crippen MR) is 74.5 cm³/mol. The molecule has 102 valence electrons. The lowest BCUT2D eigenvalue weighted by atomic mass is 9.85. The fourth-order valence-electron chi connectivity index (χ4n) is 1.61. The van der Waals surface area contributed by atoms with Crippen molar-refractivity contribution < 1.29 is 8.42 Å². The van der Waals surface area contributed by atoms with Gasteiger partial charge in [0.05, 0.1) is 6.26 Å². The van der Waals surface area contributed by atoms with Crippen LogP contribution < -0.4 is 0 Å². The number of hydrogen-bond acceptors (Lipinski definition) is 2. The highest BCUT2D eigenvalue weighted by atomic mass is 32.2. The second-order valence-corrected chi connectivity index (χ2v) is 8.52. The summed E-state index contributed by atoms with van der Waals surface area (Å²) in [4.78, 5) is 0. The summed E-state index contributed by atoms with van der Waals surface area (Å²) in [5, 5.41) is 0. The van der Waals surface area contributed by atoms with Gasteiger partial charge in [-0.25, -0.2) is 8.42 Å². The Labute approximate surface area is 107 Å². The molecule has 0 unspecified atom stereocenters. The first-order valence-electron chi connectivity index (χ1n) is 5.92. The Hall–Kier alpha value is -0.350. The third kappa shape index (κ3) is 5.68. The minimum atomic E-state index is -3.17. The molecular weight excluding hydrogens is 234 g/mol. The third-order valence-corrected chi connectivity index (χ3v) is 4.36. The number of nitrogens with zero attached hydrogens (tertiary/aromatic N) is 1. The summed E-state index contributed by atoms with van der Waals surface area (Å²) in [5.74, 6) is 0. The van der Waals surface area contributed by atoms with Gasteiger partial charge in [0.1, 0.15) is 0 Å². The van der Waals surface area contributed by atoms with E-state index in [-0.39, 0.29) is 11.0 Å². The van der Waals surface area contributed by atoms with Gasteiger partial charge in [0.25, 0.3) is 0 Å². The lowest BCUT2D eigenvalue weighted by Crippen LogP contribution is -2.45. The van der Waals surface area contributed by atoms with Crippen LogP contribution in [-0.2, 0) is 10.0 Å². The Morgan fingerprint density at radius 2 is 1.53 bits per heavy atom. The molecule has 0 aliphatic carbocycles. The van der Waals surface area contributed by atoms with Gasteiger partial charge in [-0.3, -0.25) is 0 Å². The van der Waals surface area contributed by atoms with Crippen LogP contribution >= 0.6 is 0 Å². The van der Waals surface area contributed by atoms with Crippen molar-refractivity contribution >= 4 is 10.0 Å². The van der Waals surface area contributed by atoms with Gasteiger partial charge in [-0.2, -0.15) is 4.31 Å². The second-order valence-electron chi connectivity index (χ2n) is 6.61. The molecule has 0 rings (SSSR count). The predicted octanol–water partition coefficient (Wildman–Crippen LogP) is 3.04. The Morgan fingerprint density at radius 1 is 1.12 bits per heavy atom. The molecule has 0 aromatic carbocycles. The van der Waals surface area contributed by atoms with Gasteiger partial charge in [-0.05, 0) is 32.6 Å². The summed E-state index contributed by atoms with van der Waals surface area (Å²) in [6.45, 7) is 16.6. The molecule has 17 heavy (non-hydrogen) atoms. The van der Waals surface area contributed by atoms with E-state index in [0.717, 1.165) is 5.57 Å². The van der Waals surface area contributed by atoms with E-state index in [1.54, 1.807) is 0 Å². The van der Waals surface area contributed by atoms with Crippen molar-refractivity contribution in [3.63, 3.8) is 0 Å². The quantitative estimate of drug-likeness (QED) is 0.729. The lowest BCUT2D eigenvalue weighted by molar-refractivity contribution is 0.249. The van der Waals surface area contributed by atoms with Crippen molar-refractivity contribution in [1.82, 2.24) is 4.31 Å². The van der Waals surface area contributed by atoms with Crippen LogP contribution in [0.25, 0.3) is 0 Å². The summed E-state index contributed by atoms with van der Waals surface area (Å²) in [7, 11) is -3.17. The molecule has 0 aromatic rings. The minimum absolute atomic E-state index is 0.0288. The zero-order valence-corrected chi connectivity index (χ0v) is 13.1. The molecule has 0 aliphatic rings. The second kappa shape index (κ2) is 5.11. The summed E-state index contributed by atoms with van der Waals surface area (Å²) < 4.78 is 25.0. The number of hydrogen-bond donors (Lipinski definition) is 0. The molecule has 3 nitrogen and oxygen atoms in total. The molecule has 0 saturated carbocycles. The van der Waals surface area contributed by atoms with Crippen molar-refractivity contribution in [2.75, 3.05) is 12.8 Å². The molecule has 0 heterocycles. The van der Waals surface area contributed by atoms with Crippen LogP contribution in [0.2, 0.25) is 0 Å². The maximum Gasteiger partial charge on any atom is 0.211 e. The van der Waals surface area contributed by atoms with Gasteiger partial charge >= 0.3 is 0 Å². The Bertz CT molecular complexity index is 369. The van der Waals surface area contributed by atoms with E-state index in [1.807, 2.05) is 20.8 Å². The minimum Gasteiger partial charge on any atom is -0.212 e. The van der Waals surface area contributed by atoms with Gasteiger partial charge in [-0.15, -0.1) is 0 Å². The van der Waals surface area contributed by atoms with E-state index >= 15 is 0 Å². The SMILES string of the molecule is C=C(CCN(C(C)(C)C)S(C)(=O)=O)C(C)(C)C. The smallest absolute Gasteiger partial charge is 0.211 e. The average Bonchev–Trinajstić information content (AvgIpc) is 1.96. The first kappa shape index (κ1) is 16.6. The largest absolute Gasteiger partial charge is 0.212 e. The van der Waals surface area contributed by atoms with Crippen molar-refractivity contribution in [2.45, 2.75) is 53.5 Å². The van der Waals surface area contributed by atoms with Gasteiger partial charge in [0.2, 0.25) is 10.0 Å².